The van der Waals surface area contributed by atoms with Crippen molar-refractivity contribution in [3.63, 3.8) is 0 Å². The van der Waals surface area contributed by atoms with Gasteiger partial charge in [-0.25, -0.2) is 0 Å². The van der Waals surface area contributed by atoms with E-state index in [4.69, 9.17) is 18.6 Å². The van der Waals surface area contributed by atoms with Crippen LogP contribution in [0.2, 0.25) is 0 Å². The van der Waals surface area contributed by atoms with E-state index in [1.54, 1.807) is 39.7 Å². The van der Waals surface area contributed by atoms with Crippen molar-refractivity contribution < 1.29 is 23.4 Å². The summed E-state index contributed by atoms with van der Waals surface area (Å²) < 4.78 is 22.5. The van der Waals surface area contributed by atoms with Crippen LogP contribution in [0.25, 0.3) is 11.1 Å². The van der Waals surface area contributed by atoms with Gasteiger partial charge in [0.15, 0.2) is 11.5 Å². The minimum Gasteiger partial charge on any atom is -0.493 e. The number of anilines is 1. The maximum Gasteiger partial charge on any atom is 0.217 e. The number of hydrogen-bond donors (Lipinski definition) is 2. The molecular formula is C29H34N2O6. The van der Waals surface area contributed by atoms with Gasteiger partial charge < -0.3 is 29.3 Å². The molecule has 8 nitrogen and oxygen atoms in total. The van der Waals surface area contributed by atoms with Crippen LogP contribution in [0.3, 0.4) is 0 Å². The monoisotopic (exact) mass is 506 g/mol. The first-order chi connectivity index (χ1) is 17.9. The van der Waals surface area contributed by atoms with Crippen LogP contribution in [-0.2, 0) is 17.6 Å². The minimum absolute atomic E-state index is 0.0392. The molecule has 0 spiro atoms. The zero-order valence-corrected chi connectivity index (χ0v) is 22.0. The van der Waals surface area contributed by atoms with E-state index in [-0.39, 0.29) is 23.4 Å². The van der Waals surface area contributed by atoms with Crippen molar-refractivity contribution in [3.8, 4) is 28.4 Å². The number of rotatable bonds is 9. The Kier molecular flexibility index (Phi) is 8.06. The number of carbonyl (C=O) groups is 1. The number of furan rings is 1. The lowest BCUT2D eigenvalue weighted by Gasteiger charge is -2.19. The highest BCUT2D eigenvalue weighted by Crippen LogP contribution is 2.50. The van der Waals surface area contributed by atoms with Crippen molar-refractivity contribution in [1.29, 1.82) is 0 Å². The molecule has 0 bridgehead atoms. The normalized spacial score (nSPS) is 15.0. The Balaban J connectivity index is 1.82. The summed E-state index contributed by atoms with van der Waals surface area (Å²) in [4.78, 5) is 25.5. The number of nitrogens with one attached hydrogen (secondary N) is 2. The highest BCUT2D eigenvalue weighted by molar-refractivity contribution is 5.83. The van der Waals surface area contributed by atoms with Gasteiger partial charge in [0.05, 0.1) is 39.3 Å². The van der Waals surface area contributed by atoms with Crippen LogP contribution >= 0.6 is 0 Å². The molecule has 1 aromatic heterocycles. The number of aryl methyl sites for hydroxylation is 2. The molecule has 0 radical (unpaired) electrons. The zero-order valence-electron chi connectivity index (χ0n) is 22.0. The Morgan fingerprint density at radius 2 is 1.89 bits per heavy atom. The zero-order chi connectivity index (χ0) is 26.5. The largest absolute Gasteiger partial charge is 0.493 e. The van der Waals surface area contributed by atoms with Gasteiger partial charge >= 0.3 is 0 Å². The van der Waals surface area contributed by atoms with Crippen LogP contribution in [0.4, 0.5) is 5.69 Å². The van der Waals surface area contributed by atoms with Gasteiger partial charge in [-0.1, -0.05) is 6.07 Å². The summed E-state index contributed by atoms with van der Waals surface area (Å²) in [6.07, 6.45) is 4.49. The number of ether oxygens (including phenoxy) is 3. The molecule has 196 valence electrons. The molecule has 1 heterocycles. The Labute approximate surface area is 216 Å². The lowest BCUT2D eigenvalue weighted by atomic mass is 9.95. The fourth-order valence-electron chi connectivity index (χ4n) is 4.98. The molecule has 2 aromatic carbocycles. The maximum absolute atomic E-state index is 13.4. The number of carbonyl (C=O) groups excluding carboxylic acids is 1. The highest BCUT2D eigenvalue weighted by atomic mass is 16.5. The molecule has 0 saturated carbocycles. The first-order valence-electron chi connectivity index (χ1n) is 12.4. The van der Waals surface area contributed by atoms with Crippen molar-refractivity contribution in [2.24, 2.45) is 0 Å². The molecule has 8 heteroatoms. The molecule has 2 unspecified atom stereocenters. The van der Waals surface area contributed by atoms with Crippen molar-refractivity contribution in [3.05, 3.63) is 69.8 Å². The van der Waals surface area contributed by atoms with E-state index in [1.807, 2.05) is 31.2 Å². The van der Waals surface area contributed by atoms with E-state index in [0.29, 0.717) is 35.8 Å². The molecule has 1 amide bonds. The summed E-state index contributed by atoms with van der Waals surface area (Å²) in [7, 11) is 4.74. The van der Waals surface area contributed by atoms with Crippen LogP contribution < -0.4 is 30.3 Å². The third-order valence-corrected chi connectivity index (χ3v) is 6.72. The van der Waals surface area contributed by atoms with Crippen LogP contribution in [0, 0.1) is 0 Å². The summed E-state index contributed by atoms with van der Waals surface area (Å²) in [6, 6.07) is 10.8. The summed E-state index contributed by atoms with van der Waals surface area (Å²) in [5.41, 5.74) is 3.70. The van der Waals surface area contributed by atoms with Gasteiger partial charge in [0.2, 0.25) is 17.1 Å². The van der Waals surface area contributed by atoms with E-state index in [9.17, 15) is 9.59 Å². The molecule has 4 rings (SSSR count). The summed E-state index contributed by atoms with van der Waals surface area (Å²) >= 11 is 0. The standard InChI is InChI=1S/C29H34N2O6/c1-17(8-10-20-7-6-14-37-20)30-24-13-11-21-22(16-25(24)33)23(31-18(2)32)12-9-19-15-26(34-3)28(35-4)29(36-5)27(19)21/h6-7,11,13-17,23H,8-10,12H2,1-5H3,(H,30,33)(H,31,32). The molecule has 1 aliphatic rings. The van der Waals surface area contributed by atoms with Crippen LogP contribution in [-0.4, -0.2) is 33.3 Å². The van der Waals surface area contributed by atoms with Gasteiger partial charge in [-0.05, 0) is 73.2 Å². The number of benzene rings is 1. The molecule has 37 heavy (non-hydrogen) atoms. The van der Waals surface area contributed by atoms with E-state index < -0.39 is 0 Å². The fourth-order valence-corrected chi connectivity index (χ4v) is 4.98. The quantitative estimate of drug-likeness (QED) is 0.426. The Bertz CT molecular complexity index is 1320. The topological polar surface area (TPSA) is 99.0 Å². The number of methoxy groups -OCH3 is 3. The molecule has 2 N–H and O–H groups in total. The molecule has 1 aliphatic carbocycles. The second-order valence-electron chi connectivity index (χ2n) is 9.26. The lowest BCUT2D eigenvalue weighted by molar-refractivity contribution is -0.119. The Hall–Kier alpha value is -3.94. The maximum atomic E-state index is 13.4. The third-order valence-electron chi connectivity index (χ3n) is 6.72. The Morgan fingerprint density at radius 1 is 1.11 bits per heavy atom. The van der Waals surface area contributed by atoms with Crippen LogP contribution in [0.5, 0.6) is 17.2 Å². The van der Waals surface area contributed by atoms with Gasteiger partial charge in [-0.2, -0.15) is 0 Å². The highest BCUT2D eigenvalue weighted by Gasteiger charge is 2.29. The predicted molar refractivity (Wildman–Crippen MR) is 143 cm³/mol. The van der Waals surface area contributed by atoms with Crippen molar-refractivity contribution >= 4 is 11.6 Å². The number of amides is 1. The first kappa shape index (κ1) is 26.1. The Morgan fingerprint density at radius 3 is 2.54 bits per heavy atom. The van der Waals surface area contributed by atoms with Gasteiger partial charge in [0.1, 0.15) is 5.76 Å². The molecular weight excluding hydrogens is 472 g/mol. The van der Waals surface area contributed by atoms with Crippen LogP contribution in [0.15, 0.2) is 51.9 Å². The fraction of sp³-hybridized carbons (Fsp3) is 0.379. The van der Waals surface area contributed by atoms with E-state index in [0.717, 1.165) is 40.9 Å². The van der Waals surface area contributed by atoms with Crippen molar-refractivity contribution in [2.75, 3.05) is 26.6 Å². The predicted octanol–water partition coefficient (Wildman–Crippen LogP) is 4.89. The van der Waals surface area contributed by atoms with Crippen LogP contribution in [0.1, 0.15) is 49.6 Å². The second kappa shape index (κ2) is 11.4. The average Bonchev–Trinajstić information content (AvgIpc) is 3.30. The number of hydrogen-bond acceptors (Lipinski definition) is 7. The SMILES string of the molecule is COc1cc2c(c(OC)c1OC)-c1ccc(NC(C)CCc3ccco3)c(=O)cc1C(NC(C)=O)CC2. The molecule has 0 saturated heterocycles. The molecule has 3 aromatic rings. The van der Waals surface area contributed by atoms with E-state index >= 15 is 0 Å². The summed E-state index contributed by atoms with van der Waals surface area (Å²) in [5.74, 6) is 2.32. The summed E-state index contributed by atoms with van der Waals surface area (Å²) in [5, 5.41) is 6.40. The van der Waals surface area contributed by atoms with Gasteiger partial charge in [-0.3, -0.25) is 9.59 Å². The van der Waals surface area contributed by atoms with Crippen molar-refractivity contribution in [1.82, 2.24) is 5.32 Å². The van der Waals surface area contributed by atoms with Gasteiger partial charge in [0.25, 0.3) is 0 Å². The van der Waals surface area contributed by atoms with Crippen molar-refractivity contribution in [2.45, 2.75) is 51.6 Å². The lowest BCUT2D eigenvalue weighted by Crippen LogP contribution is -2.26. The van der Waals surface area contributed by atoms with Gasteiger partial charge in [-0.15, -0.1) is 0 Å². The third kappa shape index (κ3) is 5.58. The average molecular weight is 507 g/mol. The minimum atomic E-state index is -0.342. The van der Waals surface area contributed by atoms with E-state index in [2.05, 4.69) is 10.6 Å². The molecule has 0 fully saturated rings. The van der Waals surface area contributed by atoms with E-state index in [1.165, 1.54) is 6.92 Å². The summed E-state index contributed by atoms with van der Waals surface area (Å²) in [6.45, 7) is 3.52. The molecule has 0 aliphatic heterocycles. The molecule has 2 atom stereocenters. The first-order valence-corrected chi connectivity index (χ1v) is 12.4. The van der Waals surface area contributed by atoms with Gasteiger partial charge in [0, 0.05) is 24.9 Å². The smallest absolute Gasteiger partial charge is 0.217 e. The second-order valence-corrected chi connectivity index (χ2v) is 9.26. The number of fused-ring (bicyclic) bond motifs is 3.